The van der Waals surface area contributed by atoms with Gasteiger partial charge in [0.25, 0.3) is 0 Å². The van der Waals surface area contributed by atoms with Gasteiger partial charge in [-0.2, -0.15) is 0 Å². The van der Waals surface area contributed by atoms with Crippen molar-refractivity contribution in [2.45, 2.75) is 32.8 Å². The van der Waals surface area contributed by atoms with Crippen molar-refractivity contribution in [3.8, 4) is 11.8 Å². The SMILES string of the molecule is CC#CCSCC1CCOC(C)C1. The maximum Gasteiger partial charge on any atom is 0.0549 e. The number of hydrogen-bond donors (Lipinski definition) is 0. The molecule has 0 bridgehead atoms. The molecule has 1 rings (SSSR count). The van der Waals surface area contributed by atoms with Gasteiger partial charge in [-0.25, -0.2) is 0 Å². The maximum atomic E-state index is 5.50. The Labute approximate surface area is 85.6 Å². The zero-order valence-electron chi connectivity index (χ0n) is 8.51. The standard InChI is InChI=1S/C11H18OS/c1-3-4-7-13-9-11-5-6-12-10(2)8-11/h10-11H,5-9H2,1-2H3. The molecule has 1 nitrogen and oxygen atoms in total. The minimum absolute atomic E-state index is 0.469. The Morgan fingerprint density at radius 1 is 1.54 bits per heavy atom. The van der Waals surface area contributed by atoms with Crippen LogP contribution in [0.15, 0.2) is 0 Å². The molecule has 0 spiro atoms. The predicted molar refractivity (Wildman–Crippen MR) is 58.9 cm³/mol. The van der Waals surface area contributed by atoms with Crippen LogP contribution in [-0.4, -0.2) is 24.2 Å². The highest BCUT2D eigenvalue weighted by molar-refractivity contribution is 7.99. The lowest BCUT2D eigenvalue weighted by molar-refractivity contribution is 0.00783. The fraction of sp³-hybridized carbons (Fsp3) is 0.818. The minimum atomic E-state index is 0.469. The number of rotatable bonds is 3. The summed E-state index contributed by atoms with van der Waals surface area (Å²) in [6.45, 7) is 5.02. The van der Waals surface area contributed by atoms with Crippen LogP contribution in [0.3, 0.4) is 0 Å². The molecule has 0 aromatic heterocycles. The molecule has 1 saturated heterocycles. The van der Waals surface area contributed by atoms with Crippen LogP contribution in [-0.2, 0) is 4.74 Å². The summed E-state index contributed by atoms with van der Waals surface area (Å²) in [5.74, 6) is 9.09. The van der Waals surface area contributed by atoms with E-state index in [1.54, 1.807) is 0 Å². The summed E-state index contributed by atoms with van der Waals surface area (Å²) < 4.78 is 5.50. The molecule has 0 amide bonds. The highest BCUT2D eigenvalue weighted by atomic mass is 32.2. The summed E-state index contributed by atoms with van der Waals surface area (Å²) in [4.78, 5) is 0. The molecule has 74 valence electrons. The minimum Gasteiger partial charge on any atom is -0.378 e. The first-order chi connectivity index (χ1) is 6.33. The lowest BCUT2D eigenvalue weighted by Crippen LogP contribution is -2.24. The summed E-state index contributed by atoms with van der Waals surface area (Å²) in [5, 5.41) is 0. The Bertz CT molecular complexity index is 192. The van der Waals surface area contributed by atoms with Crippen LogP contribution in [0.5, 0.6) is 0 Å². The second kappa shape index (κ2) is 6.34. The summed E-state index contributed by atoms with van der Waals surface area (Å²) in [6, 6.07) is 0. The molecule has 2 heteroatoms. The summed E-state index contributed by atoms with van der Waals surface area (Å²) >= 11 is 1.96. The third-order valence-corrected chi connectivity index (χ3v) is 3.35. The van der Waals surface area contributed by atoms with Crippen molar-refractivity contribution in [2.75, 3.05) is 18.1 Å². The van der Waals surface area contributed by atoms with Crippen molar-refractivity contribution >= 4 is 11.8 Å². The van der Waals surface area contributed by atoms with Crippen molar-refractivity contribution in [3.63, 3.8) is 0 Å². The van der Waals surface area contributed by atoms with Gasteiger partial charge in [0.05, 0.1) is 11.9 Å². The normalized spacial score (nSPS) is 27.8. The van der Waals surface area contributed by atoms with E-state index >= 15 is 0 Å². The van der Waals surface area contributed by atoms with Crippen LogP contribution >= 0.6 is 11.8 Å². The van der Waals surface area contributed by atoms with E-state index in [4.69, 9.17) is 4.74 Å². The predicted octanol–water partition coefficient (Wildman–Crippen LogP) is 2.56. The summed E-state index contributed by atoms with van der Waals surface area (Å²) in [5.41, 5.74) is 0. The Morgan fingerprint density at radius 3 is 3.08 bits per heavy atom. The van der Waals surface area contributed by atoms with Gasteiger partial charge < -0.3 is 4.74 Å². The van der Waals surface area contributed by atoms with E-state index in [2.05, 4.69) is 18.8 Å². The van der Waals surface area contributed by atoms with Crippen molar-refractivity contribution < 1.29 is 4.74 Å². The van der Waals surface area contributed by atoms with Crippen LogP contribution in [0.2, 0.25) is 0 Å². The molecular weight excluding hydrogens is 180 g/mol. The molecule has 0 aromatic rings. The second-order valence-electron chi connectivity index (χ2n) is 3.51. The van der Waals surface area contributed by atoms with E-state index in [0.717, 1.165) is 18.3 Å². The van der Waals surface area contributed by atoms with Gasteiger partial charge in [-0.3, -0.25) is 0 Å². The van der Waals surface area contributed by atoms with Gasteiger partial charge in [0.15, 0.2) is 0 Å². The topological polar surface area (TPSA) is 9.23 Å². The van der Waals surface area contributed by atoms with Crippen LogP contribution in [0.25, 0.3) is 0 Å². The summed E-state index contributed by atoms with van der Waals surface area (Å²) in [7, 11) is 0. The quantitative estimate of drug-likeness (QED) is 0.509. The van der Waals surface area contributed by atoms with E-state index in [9.17, 15) is 0 Å². The largest absolute Gasteiger partial charge is 0.378 e. The number of ether oxygens (including phenoxy) is 1. The Kier molecular flexibility index (Phi) is 5.34. The molecule has 2 unspecified atom stereocenters. The van der Waals surface area contributed by atoms with Gasteiger partial charge in [-0.05, 0) is 38.4 Å². The van der Waals surface area contributed by atoms with E-state index < -0.39 is 0 Å². The molecule has 1 aliphatic rings. The molecule has 0 aliphatic carbocycles. The fourth-order valence-electron chi connectivity index (χ4n) is 1.59. The van der Waals surface area contributed by atoms with Crippen molar-refractivity contribution in [1.82, 2.24) is 0 Å². The van der Waals surface area contributed by atoms with E-state index in [1.807, 2.05) is 18.7 Å². The lowest BCUT2D eigenvalue weighted by Gasteiger charge is -2.26. The van der Waals surface area contributed by atoms with E-state index in [1.165, 1.54) is 18.6 Å². The molecule has 1 heterocycles. The first-order valence-corrected chi connectivity index (χ1v) is 6.07. The van der Waals surface area contributed by atoms with E-state index in [0.29, 0.717) is 6.10 Å². The van der Waals surface area contributed by atoms with Gasteiger partial charge in [-0.1, -0.05) is 5.92 Å². The average Bonchev–Trinajstić information content (AvgIpc) is 2.13. The van der Waals surface area contributed by atoms with Crippen molar-refractivity contribution in [3.05, 3.63) is 0 Å². The molecule has 2 atom stereocenters. The third kappa shape index (κ3) is 4.59. The first-order valence-electron chi connectivity index (χ1n) is 4.92. The van der Waals surface area contributed by atoms with Crippen LogP contribution in [0, 0.1) is 17.8 Å². The van der Waals surface area contributed by atoms with Crippen molar-refractivity contribution in [1.29, 1.82) is 0 Å². The lowest BCUT2D eigenvalue weighted by atomic mass is 9.98. The van der Waals surface area contributed by atoms with Gasteiger partial charge in [0.2, 0.25) is 0 Å². The third-order valence-electron chi connectivity index (χ3n) is 2.30. The summed E-state index contributed by atoms with van der Waals surface area (Å²) in [6.07, 6.45) is 2.93. The Hall–Kier alpha value is -0.130. The maximum absolute atomic E-state index is 5.50. The average molecular weight is 198 g/mol. The van der Waals surface area contributed by atoms with Crippen LogP contribution < -0.4 is 0 Å². The molecule has 13 heavy (non-hydrogen) atoms. The number of hydrogen-bond acceptors (Lipinski definition) is 2. The van der Waals surface area contributed by atoms with Gasteiger partial charge in [-0.15, -0.1) is 17.7 Å². The molecule has 0 radical (unpaired) electrons. The fourth-order valence-corrected chi connectivity index (χ4v) is 2.59. The molecule has 0 aromatic carbocycles. The van der Waals surface area contributed by atoms with Gasteiger partial charge in [0.1, 0.15) is 0 Å². The molecular formula is C11H18OS. The van der Waals surface area contributed by atoms with E-state index in [-0.39, 0.29) is 0 Å². The zero-order valence-corrected chi connectivity index (χ0v) is 9.32. The van der Waals surface area contributed by atoms with Gasteiger partial charge >= 0.3 is 0 Å². The van der Waals surface area contributed by atoms with Crippen LogP contribution in [0.1, 0.15) is 26.7 Å². The zero-order chi connectivity index (χ0) is 9.52. The molecule has 1 fully saturated rings. The van der Waals surface area contributed by atoms with Crippen LogP contribution in [0.4, 0.5) is 0 Å². The Morgan fingerprint density at radius 2 is 2.38 bits per heavy atom. The smallest absolute Gasteiger partial charge is 0.0549 e. The molecule has 0 saturated carbocycles. The highest BCUT2D eigenvalue weighted by Crippen LogP contribution is 2.23. The monoisotopic (exact) mass is 198 g/mol. The molecule has 0 N–H and O–H groups in total. The Balaban J connectivity index is 2.08. The highest BCUT2D eigenvalue weighted by Gasteiger charge is 2.18. The number of thioether (sulfide) groups is 1. The first kappa shape index (κ1) is 10.9. The molecule has 1 aliphatic heterocycles. The second-order valence-corrected chi connectivity index (χ2v) is 4.54. The van der Waals surface area contributed by atoms with Gasteiger partial charge in [0, 0.05) is 6.61 Å². The van der Waals surface area contributed by atoms with Crippen molar-refractivity contribution in [2.24, 2.45) is 5.92 Å².